The summed E-state index contributed by atoms with van der Waals surface area (Å²) in [6, 6.07) is 14.7. The molecule has 0 saturated heterocycles. The van der Waals surface area contributed by atoms with E-state index in [0.29, 0.717) is 5.75 Å². The first-order chi connectivity index (χ1) is 20.0. The van der Waals surface area contributed by atoms with Crippen LogP contribution in [0.3, 0.4) is 0 Å². The molecule has 12 heteroatoms. The monoisotopic (exact) mass is 593 g/mol. The van der Waals surface area contributed by atoms with Gasteiger partial charge in [-0.2, -0.15) is 4.98 Å². The van der Waals surface area contributed by atoms with E-state index in [9.17, 15) is 13.5 Å². The zero-order chi connectivity index (χ0) is 30.5. The van der Waals surface area contributed by atoms with Crippen molar-refractivity contribution in [2.45, 2.75) is 51.0 Å². The number of methoxy groups -OCH3 is 1. The zero-order valence-electron chi connectivity index (χ0n) is 24.5. The van der Waals surface area contributed by atoms with Crippen LogP contribution in [0.25, 0.3) is 11.6 Å². The Hall–Kier alpha value is -4.29. The standard InChI is InChI=1S/C30H35N5O6S/c1-20(2)35(42(37,38)22-14-12-21(13-15-22)30(3,4)5)28-25(41-24-11-8-7-10-23(24)39-6)29(40-19-18-36)34-27(33-28)26-31-16-9-17-32-26/h7-17,20,36H,18-19H2,1-6H3. The van der Waals surface area contributed by atoms with Crippen LogP contribution in [0.1, 0.15) is 40.2 Å². The predicted octanol–water partition coefficient (Wildman–Crippen LogP) is 5.01. The summed E-state index contributed by atoms with van der Waals surface area (Å²) in [7, 11) is -2.71. The zero-order valence-corrected chi connectivity index (χ0v) is 25.3. The molecule has 0 radical (unpaired) electrons. The van der Waals surface area contributed by atoms with Crippen LogP contribution in [0.5, 0.6) is 23.1 Å². The third-order valence-corrected chi connectivity index (χ3v) is 8.13. The van der Waals surface area contributed by atoms with Gasteiger partial charge in [0.2, 0.25) is 11.6 Å². The fraction of sp³-hybridized carbons (Fsp3) is 0.333. The molecule has 0 bridgehead atoms. The number of rotatable bonds is 11. The van der Waals surface area contributed by atoms with E-state index in [1.807, 2.05) is 0 Å². The molecule has 4 aromatic rings. The van der Waals surface area contributed by atoms with Gasteiger partial charge in [0.05, 0.1) is 18.6 Å². The first-order valence-corrected chi connectivity index (χ1v) is 14.8. The largest absolute Gasteiger partial charge is 0.493 e. The third kappa shape index (κ3) is 6.60. The van der Waals surface area contributed by atoms with E-state index in [1.165, 1.54) is 19.5 Å². The number of para-hydroxylation sites is 2. The number of ether oxygens (including phenoxy) is 3. The molecule has 2 aromatic heterocycles. The summed E-state index contributed by atoms with van der Waals surface area (Å²) in [6.45, 7) is 9.15. The molecular weight excluding hydrogens is 558 g/mol. The maximum Gasteiger partial charge on any atom is 0.265 e. The van der Waals surface area contributed by atoms with Gasteiger partial charge in [-0.25, -0.2) is 27.7 Å². The summed E-state index contributed by atoms with van der Waals surface area (Å²) < 4.78 is 47.3. The first-order valence-electron chi connectivity index (χ1n) is 13.4. The molecule has 222 valence electrons. The molecule has 0 atom stereocenters. The summed E-state index contributed by atoms with van der Waals surface area (Å²) in [4.78, 5) is 17.7. The van der Waals surface area contributed by atoms with E-state index in [2.05, 4.69) is 40.7 Å². The Balaban J connectivity index is 1.99. The van der Waals surface area contributed by atoms with Crippen molar-refractivity contribution in [1.29, 1.82) is 0 Å². The van der Waals surface area contributed by atoms with Crippen LogP contribution in [-0.4, -0.2) is 59.8 Å². The van der Waals surface area contributed by atoms with Crippen LogP contribution >= 0.6 is 0 Å². The van der Waals surface area contributed by atoms with E-state index < -0.39 is 16.1 Å². The maximum absolute atomic E-state index is 14.3. The summed E-state index contributed by atoms with van der Waals surface area (Å²) in [5.74, 6) is 0.535. The SMILES string of the molecule is COc1ccccc1Oc1c(OCCO)nc(-c2ncccn2)nc1N(C(C)C)S(=O)(=O)c1ccc(C(C)(C)C)cc1. The second-order valence-corrected chi connectivity index (χ2v) is 12.4. The lowest BCUT2D eigenvalue weighted by atomic mass is 9.87. The Morgan fingerprint density at radius 3 is 2.12 bits per heavy atom. The quantitative estimate of drug-likeness (QED) is 0.253. The van der Waals surface area contributed by atoms with Gasteiger partial charge in [0, 0.05) is 18.4 Å². The van der Waals surface area contributed by atoms with Crippen LogP contribution < -0.4 is 18.5 Å². The van der Waals surface area contributed by atoms with Crippen LogP contribution in [0, 0.1) is 0 Å². The number of sulfonamides is 1. The molecule has 0 aliphatic carbocycles. The van der Waals surface area contributed by atoms with Gasteiger partial charge >= 0.3 is 0 Å². The van der Waals surface area contributed by atoms with Crippen LogP contribution in [0.4, 0.5) is 5.82 Å². The molecule has 2 aromatic carbocycles. The maximum atomic E-state index is 14.3. The fourth-order valence-corrected chi connectivity index (χ4v) is 5.72. The van der Waals surface area contributed by atoms with Gasteiger partial charge in [0.1, 0.15) is 6.61 Å². The van der Waals surface area contributed by atoms with Crippen LogP contribution in [0.15, 0.2) is 71.9 Å². The molecule has 0 unspecified atom stereocenters. The Morgan fingerprint density at radius 1 is 0.905 bits per heavy atom. The minimum Gasteiger partial charge on any atom is -0.493 e. The van der Waals surface area contributed by atoms with Crippen molar-refractivity contribution in [1.82, 2.24) is 19.9 Å². The van der Waals surface area contributed by atoms with Gasteiger partial charge in [-0.05, 0) is 55.2 Å². The molecule has 42 heavy (non-hydrogen) atoms. The van der Waals surface area contributed by atoms with Gasteiger partial charge in [-0.1, -0.05) is 45.0 Å². The summed E-state index contributed by atoms with van der Waals surface area (Å²) >= 11 is 0. The highest BCUT2D eigenvalue weighted by atomic mass is 32.2. The molecule has 0 spiro atoms. The van der Waals surface area contributed by atoms with Gasteiger partial charge in [0.25, 0.3) is 15.9 Å². The Morgan fingerprint density at radius 2 is 1.55 bits per heavy atom. The Kier molecular flexibility index (Phi) is 9.27. The van der Waals surface area contributed by atoms with Crippen molar-refractivity contribution < 1.29 is 27.7 Å². The number of hydrogen-bond acceptors (Lipinski definition) is 10. The summed E-state index contributed by atoms with van der Waals surface area (Å²) in [5.41, 5.74) is 0.828. The normalized spacial score (nSPS) is 11.8. The lowest BCUT2D eigenvalue weighted by Gasteiger charge is -2.29. The Labute approximate surface area is 246 Å². The van der Waals surface area contributed by atoms with E-state index >= 15 is 0 Å². The molecule has 2 heterocycles. The molecule has 1 N–H and O–H groups in total. The van der Waals surface area contributed by atoms with Gasteiger partial charge in [-0.3, -0.25) is 0 Å². The highest BCUT2D eigenvalue weighted by Crippen LogP contribution is 2.44. The van der Waals surface area contributed by atoms with Crippen molar-refractivity contribution in [2.75, 3.05) is 24.6 Å². The Bertz CT molecular complexity index is 1610. The fourth-order valence-electron chi connectivity index (χ4n) is 4.10. The van der Waals surface area contributed by atoms with E-state index in [0.717, 1.165) is 9.87 Å². The number of aliphatic hydroxyl groups excluding tert-OH is 1. The molecule has 4 rings (SSSR count). The lowest BCUT2D eigenvalue weighted by Crippen LogP contribution is -2.38. The summed E-state index contributed by atoms with van der Waals surface area (Å²) in [6.07, 6.45) is 3.04. The van der Waals surface area contributed by atoms with Crippen molar-refractivity contribution in [3.8, 4) is 34.8 Å². The van der Waals surface area contributed by atoms with Crippen LogP contribution in [-0.2, 0) is 15.4 Å². The molecule has 11 nitrogen and oxygen atoms in total. The number of aliphatic hydroxyl groups is 1. The minimum absolute atomic E-state index is 0.00912. The summed E-state index contributed by atoms with van der Waals surface area (Å²) in [5, 5.41) is 9.54. The van der Waals surface area contributed by atoms with Crippen molar-refractivity contribution >= 4 is 15.8 Å². The average molecular weight is 594 g/mol. The lowest BCUT2D eigenvalue weighted by molar-refractivity contribution is 0.192. The van der Waals surface area contributed by atoms with Gasteiger partial charge in [0.15, 0.2) is 23.1 Å². The molecule has 0 saturated carbocycles. The smallest absolute Gasteiger partial charge is 0.265 e. The number of aromatic nitrogens is 4. The molecule has 0 fully saturated rings. The third-order valence-electron chi connectivity index (χ3n) is 6.15. The topological polar surface area (TPSA) is 137 Å². The second kappa shape index (κ2) is 12.7. The first kappa shape index (κ1) is 30.7. The van der Waals surface area contributed by atoms with Crippen molar-refractivity contribution in [3.05, 3.63) is 72.6 Å². The number of benzene rings is 2. The molecule has 0 amide bonds. The number of hydrogen-bond donors (Lipinski definition) is 1. The average Bonchev–Trinajstić information content (AvgIpc) is 2.97. The number of anilines is 1. The highest BCUT2D eigenvalue weighted by molar-refractivity contribution is 7.92. The molecular formula is C30H35N5O6S. The highest BCUT2D eigenvalue weighted by Gasteiger charge is 2.35. The molecule has 0 aliphatic rings. The van der Waals surface area contributed by atoms with E-state index in [-0.39, 0.29) is 58.4 Å². The van der Waals surface area contributed by atoms with Gasteiger partial charge < -0.3 is 19.3 Å². The van der Waals surface area contributed by atoms with E-state index in [4.69, 9.17) is 14.2 Å². The van der Waals surface area contributed by atoms with Crippen molar-refractivity contribution in [3.63, 3.8) is 0 Å². The van der Waals surface area contributed by atoms with Gasteiger partial charge in [-0.15, -0.1) is 0 Å². The molecule has 0 aliphatic heterocycles. The van der Waals surface area contributed by atoms with Crippen molar-refractivity contribution in [2.24, 2.45) is 0 Å². The number of nitrogens with zero attached hydrogens (tertiary/aromatic N) is 5. The van der Waals surface area contributed by atoms with E-state index in [1.54, 1.807) is 68.4 Å². The predicted molar refractivity (Wildman–Crippen MR) is 159 cm³/mol. The second-order valence-electron chi connectivity index (χ2n) is 10.6. The van der Waals surface area contributed by atoms with Crippen LogP contribution in [0.2, 0.25) is 0 Å². The minimum atomic E-state index is -4.20.